The summed E-state index contributed by atoms with van der Waals surface area (Å²) >= 11 is 0. The number of carbonyl (C=O) groups excluding carboxylic acids is 3. The number of piperidine rings is 1. The minimum atomic E-state index is -0.564. The molecule has 24 heavy (non-hydrogen) atoms. The van der Waals surface area contributed by atoms with E-state index in [1.54, 1.807) is 16.8 Å². The smallest absolute Gasteiger partial charge is 0.410 e. The van der Waals surface area contributed by atoms with Gasteiger partial charge in [-0.25, -0.2) is 14.4 Å². The lowest BCUT2D eigenvalue weighted by molar-refractivity contribution is -0.144. The highest BCUT2D eigenvalue weighted by Gasteiger charge is 2.43. The van der Waals surface area contributed by atoms with Crippen LogP contribution in [-0.4, -0.2) is 84.3 Å². The van der Waals surface area contributed by atoms with E-state index in [1.165, 1.54) is 12.0 Å². The molecule has 2 aliphatic heterocycles. The number of urea groups is 1. The van der Waals surface area contributed by atoms with Crippen LogP contribution in [-0.2, 0) is 14.3 Å². The van der Waals surface area contributed by atoms with Crippen LogP contribution in [0.25, 0.3) is 0 Å². The Morgan fingerprint density at radius 2 is 1.75 bits per heavy atom. The highest BCUT2D eigenvalue weighted by molar-refractivity contribution is 5.87. The van der Waals surface area contributed by atoms with E-state index < -0.39 is 17.6 Å². The summed E-state index contributed by atoms with van der Waals surface area (Å²) in [7, 11) is 2.93. The number of ether oxygens (including phenoxy) is 2. The number of likely N-dealkylation sites (tertiary alicyclic amines) is 1. The van der Waals surface area contributed by atoms with Gasteiger partial charge < -0.3 is 24.2 Å². The molecule has 2 aliphatic rings. The van der Waals surface area contributed by atoms with E-state index in [2.05, 4.69) is 0 Å². The largest absolute Gasteiger partial charge is 0.467 e. The van der Waals surface area contributed by atoms with E-state index in [-0.39, 0.29) is 18.2 Å². The third-order valence-corrected chi connectivity index (χ3v) is 4.41. The molecule has 136 valence electrons. The second-order valence-electron chi connectivity index (χ2n) is 7.28. The fourth-order valence-electron chi connectivity index (χ4n) is 3.08. The van der Waals surface area contributed by atoms with Gasteiger partial charge in [-0.1, -0.05) is 0 Å². The molecule has 0 saturated carbocycles. The molecule has 1 unspecified atom stereocenters. The first-order valence-corrected chi connectivity index (χ1v) is 8.23. The van der Waals surface area contributed by atoms with Gasteiger partial charge in [0.15, 0.2) is 0 Å². The van der Waals surface area contributed by atoms with E-state index in [0.29, 0.717) is 32.5 Å². The molecular formula is C16H27N3O5. The van der Waals surface area contributed by atoms with Crippen LogP contribution in [0.15, 0.2) is 0 Å². The third kappa shape index (κ3) is 3.91. The maximum atomic E-state index is 12.4. The Bertz CT molecular complexity index is 508. The molecule has 0 aliphatic carbocycles. The van der Waals surface area contributed by atoms with Gasteiger partial charge in [0.05, 0.1) is 13.7 Å². The van der Waals surface area contributed by atoms with Gasteiger partial charge in [-0.3, -0.25) is 0 Å². The summed E-state index contributed by atoms with van der Waals surface area (Å²) in [6, 6.07) is -0.708. The van der Waals surface area contributed by atoms with Crippen molar-refractivity contribution in [2.75, 3.05) is 33.8 Å². The molecule has 0 bridgehead atoms. The number of methoxy groups -OCH3 is 1. The van der Waals surface area contributed by atoms with Crippen molar-refractivity contribution in [3.8, 4) is 0 Å². The maximum absolute atomic E-state index is 12.4. The molecule has 0 N–H and O–H groups in total. The van der Waals surface area contributed by atoms with Crippen LogP contribution in [0.1, 0.15) is 33.6 Å². The first-order chi connectivity index (χ1) is 11.1. The van der Waals surface area contributed by atoms with E-state index >= 15 is 0 Å². The molecular weight excluding hydrogens is 314 g/mol. The molecule has 0 aromatic heterocycles. The Balaban J connectivity index is 1.92. The van der Waals surface area contributed by atoms with Crippen LogP contribution < -0.4 is 0 Å². The summed E-state index contributed by atoms with van der Waals surface area (Å²) in [6.07, 6.45) is 1.03. The summed E-state index contributed by atoms with van der Waals surface area (Å²) in [6.45, 7) is 6.92. The molecule has 3 amide bonds. The number of likely N-dealkylation sites (N-methyl/N-ethyl adjacent to an activating group) is 1. The molecule has 0 radical (unpaired) electrons. The number of esters is 1. The van der Waals surface area contributed by atoms with Gasteiger partial charge in [0.2, 0.25) is 0 Å². The van der Waals surface area contributed by atoms with Crippen LogP contribution >= 0.6 is 0 Å². The lowest BCUT2D eigenvalue weighted by Gasteiger charge is -2.36. The minimum absolute atomic E-state index is 0.0216. The van der Waals surface area contributed by atoms with Crippen molar-refractivity contribution >= 4 is 18.1 Å². The molecule has 0 spiro atoms. The normalized spacial score (nSPS) is 22.8. The second kappa shape index (κ2) is 6.86. The Hall–Kier alpha value is -1.99. The van der Waals surface area contributed by atoms with Crippen LogP contribution in [0.4, 0.5) is 9.59 Å². The van der Waals surface area contributed by atoms with Crippen molar-refractivity contribution < 1.29 is 23.9 Å². The van der Waals surface area contributed by atoms with Crippen LogP contribution in [0, 0.1) is 0 Å². The summed E-state index contributed by atoms with van der Waals surface area (Å²) in [5.41, 5.74) is -0.519. The highest BCUT2D eigenvalue weighted by Crippen LogP contribution is 2.25. The second-order valence-corrected chi connectivity index (χ2v) is 7.28. The maximum Gasteiger partial charge on any atom is 0.410 e. The predicted molar refractivity (Wildman–Crippen MR) is 86.5 cm³/mol. The van der Waals surface area contributed by atoms with Gasteiger partial charge in [-0.2, -0.15) is 0 Å². The first kappa shape index (κ1) is 18.4. The lowest BCUT2D eigenvalue weighted by Crippen LogP contribution is -2.48. The van der Waals surface area contributed by atoms with Crippen molar-refractivity contribution in [3.63, 3.8) is 0 Å². The fourth-order valence-corrected chi connectivity index (χ4v) is 3.08. The molecule has 0 aromatic carbocycles. The SMILES string of the molecule is COC(=O)C1CN(C2CCN(C(=O)OC(C)(C)C)CC2)C(=O)N1C. The van der Waals surface area contributed by atoms with Gasteiger partial charge in [0, 0.05) is 26.2 Å². The number of hydrogen-bond donors (Lipinski definition) is 0. The van der Waals surface area contributed by atoms with Crippen molar-refractivity contribution in [1.29, 1.82) is 0 Å². The molecule has 1 atom stereocenters. The van der Waals surface area contributed by atoms with Gasteiger partial charge >= 0.3 is 18.1 Å². The summed E-state index contributed by atoms with van der Waals surface area (Å²) in [5.74, 6) is -0.403. The molecule has 2 rings (SSSR count). The van der Waals surface area contributed by atoms with Crippen molar-refractivity contribution in [2.45, 2.75) is 51.3 Å². The predicted octanol–water partition coefficient (Wildman–Crippen LogP) is 1.29. The van der Waals surface area contributed by atoms with E-state index in [9.17, 15) is 14.4 Å². The monoisotopic (exact) mass is 341 g/mol. The molecule has 8 heteroatoms. The summed E-state index contributed by atoms with van der Waals surface area (Å²) < 4.78 is 10.1. The van der Waals surface area contributed by atoms with Gasteiger partial charge in [-0.05, 0) is 33.6 Å². The number of rotatable bonds is 2. The Kier molecular flexibility index (Phi) is 5.25. The molecule has 2 fully saturated rings. The average Bonchev–Trinajstić information content (AvgIpc) is 2.81. The first-order valence-electron chi connectivity index (χ1n) is 8.23. The highest BCUT2D eigenvalue weighted by atomic mass is 16.6. The molecule has 2 saturated heterocycles. The van der Waals surface area contributed by atoms with Gasteiger partial charge in [0.25, 0.3) is 0 Å². The van der Waals surface area contributed by atoms with E-state index in [0.717, 1.165) is 0 Å². The summed E-state index contributed by atoms with van der Waals surface area (Å²) in [5, 5.41) is 0. The lowest BCUT2D eigenvalue weighted by atomic mass is 10.0. The zero-order valence-electron chi connectivity index (χ0n) is 15.1. The Morgan fingerprint density at radius 1 is 1.17 bits per heavy atom. The van der Waals surface area contributed by atoms with Crippen molar-refractivity contribution in [1.82, 2.24) is 14.7 Å². The fraction of sp³-hybridized carbons (Fsp3) is 0.812. The van der Waals surface area contributed by atoms with Crippen LogP contribution in [0.2, 0.25) is 0 Å². The Labute approximate surface area is 142 Å². The zero-order chi connectivity index (χ0) is 18.1. The minimum Gasteiger partial charge on any atom is -0.467 e. The molecule has 2 heterocycles. The molecule has 8 nitrogen and oxygen atoms in total. The number of amides is 3. The van der Waals surface area contributed by atoms with Crippen LogP contribution in [0.5, 0.6) is 0 Å². The van der Waals surface area contributed by atoms with Crippen molar-refractivity contribution in [2.24, 2.45) is 0 Å². The number of nitrogens with zero attached hydrogens (tertiary/aromatic N) is 3. The quantitative estimate of drug-likeness (QED) is 0.707. The van der Waals surface area contributed by atoms with Crippen molar-refractivity contribution in [3.05, 3.63) is 0 Å². The number of carbonyl (C=O) groups is 3. The van der Waals surface area contributed by atoms with Gasteiger partial charge in [-0.15, -0.1) is 0 Å². The third-order valence-electron chi connectivity index (χ3n) is 4.41. The Morgan fingerprint density at radius 3 is 2.25 bits per heavy atom. The topological polar surface area (TPSA) is 79.4 Å². The zero-order valence-corrected chi connectivity index (χ0v) is 15.1. The standard InChI is InChI=1S/C16H27N3O5/c1-16(2,3)24-15(22)18-8-6-11(7-9-18)19-10-12(13(20)23-5)17(4)14(19)21/h11-12H,6-10H2,1-5H3. The van der Waals surface area contributed by atoms with E-state index in [1.807, 2.05) is 20.8 Å². The number of hydrogen-bond acceptors (Lipinski definition) is 5. The van der Waals surface area contributed by atoms with Gasteiger partial charge in [0.1, 0.15) is 11.6 Å². The summed E-state index contributed by atoms with van der Waals surface area (Å²) in [4.78, 5) is 41.0. The molecule has 0 aromatic rings. The van der Waals surface area contributed by atoms with E-state index in [4.69, 9.17) is 9.47 Å². The average molecular weight is 341 g/mol. The van der Waals surface area contributed by atoms with Crippen LogP contribution in [0.3, 0.4) is 0 Å².